The predicted molar refractivity (Wildman–Crippen MR) is 79.4 cm³/mol. The molecule has 0 bridgehead atoms. The van der Waals surface area contributed by atoms with Crippen LogP contribution in [0.5, 0.6) is 0 Å². The van der Waals surface area contributed by atoms with Gasteiger partial charge in [0.2, 0.25) is 5.91 Å². The number of aromatic amines is 1. The quantitative estimate of drug-likeness (QED) is 0.858. The number of hydrogen-bond acceptors (Lipinski definition) is 3. The molecule has 1 aromatic heterocycles. The fraction of sp³-hybridized carbons (Fsp3) is 0.733. The molecule has 1 saturated heterocycles. The van der Waals surface area contributed by atoms with E-state index in [1.807, 2.05) is 18.1 Å². The van der Waals surface area contributed by atoms with Gasteiger partial charge in [-0.3, -0.25) is 9.89 Å². The molecular weight excluding hydrogens is 252 g/mol. The number of aryl methyl sites for hydroxylation is 1. The molecule has 1 atom stereocenters. The van der Waals surface area contributed by atoms with Gasteiger partial charge in [0.15, 0.2) is 0 Å². The van der Waals surface area contributed by atoms with Crippen LogP contribution in [0.15, 0.2) is 12.4 Å². The Bertz CT molecular complexity index is 416. The van der Waals surface area contributed by atoms with Crippen molar-refractivity contribution >= 4 is 5.91 Å². The Hall–Kier alpha value is -1.36. The van der Waals surface area contributed by atoms with Crippen molar-refractivity contribution in [3.8, 4) is 0 Å². The van der Waals surface area contributed by atoms with Gasteiger partial charge in [0, 0.05) is 38.8 Å². The third-order valence-corrected chi connectivity index (χ3v) is 4.19. The van der Waals surface area contributed by atoms with Crippen LogP contribution < -0.4 is 0 Å². The Morgan fingerprint density at radius 3 is 3.00 bits per heavy atom. The summed E-state index contributed by atoms with van der Waals surface area (Å²) in [6.07, 6.45) is 6.17. The molecular formula is C15H26N4O. The van der Waals surface area contributed by atoms with Crippen LogP contribution in [-0.2, 0) is 11.2 Å². The van der Waals surface area contributed by atoms with Crippen molar-refractivity contribution in [3.05, 3.63) is 18.0 Å². The summed E-state index contributed by atoms with van der Waals surface area (Å²) in [7, 11) is 1.93. The highest BCUT2D eigenvalue weighted by Gasteiger charge is 2.26. The molecule has 2 heterocycles. The molecule has 1 aliphatic heterocycles. The van der Waals surface area contributed by atoms with Crippen LogP contribution in [0.4, 0.5) is 0 Å². The van der Waals surface area contributed by atoms with Gasteiger partial charge < -0.3 is 9.80 Å². The van der Waals surface area contributed by atoms with E-state index in [-0.39, 0.29) is 5.91 Å². The molecule has 0 unspecified atom stereocenters. The number of rotatable bonds is 6. The van der Waals surface area contributed by atoms with E-state index in [0.29, 0.717) is 18.4 Å². The van der Waals surface area contributed by atoms with Gasteiger partial charge in [-0.2, -0.15) is 5.10 Å². The summed E-state index contributed by atoms with van der Waals surface area (Å²) in [4.78, 5) is 16.5. The lowest BCUT2D eigenvalue weighted by molar-refractivity contribution is -0.130. The van der Waals surface area contributed by atoms with Gasteiger partial charge in [-0.25, -0.2) is 0 Å². The van der Waals surface area contributed by atoms with Crippen molar-refractivity contribution in [2.45, 2.75) is 39.2 Å². The van der Waals surface area contributed by atoms with E-state index in [1.54, 1.807) is 6.20 Å². The number of H-pyrrole nitrogens is 1. The highest BCUT2D eigenvalue weighted by Crippen LogP contribution is 2.19. The number of hydrogen-bond donors (Lipinski definition) is 1. The van der Waals surface area contributed by atoms with Crippen LogP contribution in [0, 0.1) is 5.92 Å². The number of likely N-dealkylation sites (tertiary alicyclic amines) is 1. The average molecular weight is 278 g/mol. The number of nitrogens with one attached hydrogen (secondary N) is 1. The second kappa shape index (κ2) is 6.88. The number of carbonyl (C=O) groups excluding carboxylic acids is 1. The van der Waals surface area contributed by atoms with Gasteiger partial charge in [-0.05, 0) is 44.7 Å². The fourth-order valence-corrected chi connectivity index (χ4v) is 2.83. The summed E-state index contributed by atoms with van der Waals surface area (Å²) in [5.41, 5.74) is 1.10. The molecule has 1 N–H and O–H groups in total. The number of aromatic nitrogens is 2. The number of amides is 1. The van der Waals surface area contributed by atoms with E-state index in [2.05, 4.69) is 28.9 Å². The molecule has 1 amide bonds. The fourth-order valence-electron chi connectivity index (χ4n) is 2.83. The first-order valence-corrected chi connectivity index (χ1v) is 7.52. The topological polar surface area (TPSA) is 52.2 Å². The lowest BCUT2D eigenvalue weighted by Crippen LogP contribution is -2.34. The van der Waals surface area contributed by atoms with Crippen LogP contribution in [0.2, 0.25) is 0 Å². The van der Waals surface area contributed by atoms with Crippen LogP contribution in [-0.4, -0.2) is 58.6 Å². The Kier molecular flexibility index (Phi) is 5.17. The summed E-state index contributed by atoms with van der Waals surface area (Å²) >= 11 is 0. The lowest BCUT2D eigenvalue weighted by atomic mass is 10.1. The zero-order valence-corrected chi connectivity index (χ0v) is 12.8. The smallest absolute Gasteiger partial charge is 0.222 e. The van der Waals surface area contributed by atoms with Crippen molar-refractivity contribution in [2.75, 3.05) is 26.7 Å². The van der Waals surface area contributed by atoms with Gasteiger partial charge in [0.25, 0.3) is 0 Å². The van der Waals surface area contributed by atoms with Gasteiger partial charge in [0.05, 0.1) is 6.20 Å². The standard InChI is InChI=1S/C15H26N4O/c1-12(2)19-7-6-14(11-19)10-18(3)15(20)5-4-13-8-16-17-9-13/h8-9,12,14H,4-7,10-11H2,1-3H3,(H,16,17)/t14-/m0/s1. The van der Waals surface area contributed by atoms with Crippen molar-refractivity contribution in [2.24, 2.45) is 5.92 Å². The van der Waals surface area contributed by atoms with Crippen molar-refractivity contribution in [1.29, 1.82) is 0 Å². The Labute approximate surface area is 121 Å². The molecule has 0 saturated carbocycles. The van der Waals surface area contributed by atoms with Crippen LogP contribution in [0.25, 0.3) is 0 Å². The first kappa shape index (κ1) is 15.0. The van der Waals surface area contributed by atoms with E-state index >= 15 is 0 Å². The molecule has 112 valence electrons. The Morgan fingerprint density at radius 1 is 1.60 bits per heavy atom. The molecule has 0 aromatic carbocycles. The van der Waals surface area contributed by atoms with E-state index < -0.39 is 0 Å². The molecule has 0 spiro atoms. The summed E-state index contributed by atoms with van der Waals surface area (Å²) in [6, 6.07) is 0.613. The second-order valence-corrected chi connectivity index (χ2v) is 6.12. The summed E-state index contributed by atoms with van der Waals surface area (Å²) < 4.78 is 0. The largest absolute Gasteiger partial charge is 0.345 e. The summed E-state index contributed by atoms with van der Waals surface area (Å²) in [5, 5.41) is 6.67. The van der Waals surface area contributed by atoms with Gasteiger partial charge in [-0.1, -0.05) is 0 Å². The van der Waals surface area contributed by atoms with Crippen LogP contribution in [0.1, 0.15) is 32.3 Å². The normalized spacial score (nSPS) is 19.7. The predicted octanol–water partition coefficient (Wildman–Crippen LogP) is 1.53. The van der Waals surface area contributed by atoms with Gasteiger partial charge >= 0.3 is 0 Å². The maximum absolute atomic E-state index is 12.1. The molecule has 1 aliphatic rings. The molecule has 5 heteroatoms. The van der Waals surface area contributed by atoms with E-state index in [4.69, 9.17) is 0 Å². The second-order valence-electron chi connectivity index (χ2n) is 6.12. The molecule has 0 radical (unpaired) electrons. The van der Waals surface area contributed by atoms with Crippen LogP contribution in [0.3, 0.4) is 0 Å². The van der Waals surface area contributed by atoms with E-state index in [0.717, 1.165) is 25.1 Å². The Morgan fingerprint density at radius 2 is 2.40 bits per heavy atom. The summed E-state index contributed by atoms with van der Waals surface area (Å²) in [5.74, 6) is 0.856. The molecule has 2 rings (SSSR count). The SMILES string of the molecule is CC(C)N1CC[C@@H](CN(C)C(=O)CCc2cn[nH]c2)C1. The molecule has 0 aliphatic carbocycles. The molecule has 5 nitrogen and oxygen atoms in total. The summed E-state index contributed by atoms with van der Waals surface area (Å²) in [6.45, 7) is 7.65. The third kappa shape index (κ3) is 4.07. The maximum atomic E-state index is 12.1. The number of nitrogens with zero attached hydrogens (tertiary/aromatic N) is 3. The average Bonchev–Trinajstić information content (AvgIpc) is 3.06. The van der Waals surface area contributed by atoms with E-state index in [9.17, 15) is 4.79 Å². The van der Waals surface area contributed by atoms with Crippen molar-refractivity contribution in [3.63, 3.8) is 0 Å². The highest BCUT2D eigenvalue weighted by atomic mass is 16.2. The minimum absolute atomic E-state index is 0.231. The van der Waals surface area contributed by atoms with Crippen molar-refractivity contribution in [1.82, 2.24) is 20.0 Å². The Balaban J connectivity index is 1.71. The van der Waals surface area contributed by atoms with Gasteiger partial charge in [-0.15, -0.1) is 0 Å². The number of carbonyl (C=O) groups is 1. The third-order valence-electron chi connectivity index (χ3n) is 4.19. The lowest BCUT2D eigenvalue weighted by Gasteiger charge is -2.23. The first-order chi connectivity index (χ1) is 9.56. The maximum Gasteiger partial charge on any atom is 0.222 e. The zero-order valence-electron chi connectivity index (χ0n) is 12.8. The highest BCUT2D eigenvalue weighted by molar-refractivity contribution is 5.76. The van der Waals surface area contributed by atoms with Gasteiger partial charge in [0.1, 0.15) is 0 Å². The van der Waals surface area contributed by atoms with Crippen molar-refractivity contribution < 1.29 is 4.79 Å². The molecule has 1 fully saturated rings. The van der Waals surface area contributed by atoms with E-state index in [1.165, 1.54) is 13.0 Å². The minimum Gasteiger partial charge on any atom is -0.345 e. The zero-order chi connectivity index (χ0) is 14.5. The van der Waals surface area contributed by atoms with Crippen LogP contribution >= 0.6 is 0 Å². The monoisotopic (exact) mass is 278 g/mol. The molecule has 20 heavy (non-hydrogen) atoms. The molecule has 1 aromatic rings. The first-order valence-electron chi connectivity index (χ1n) is 7.52. The minimum atomic E-state index is 0.231.